The van der Waals surface area contributed by atoms with E-state index in [1.54, 1.807) is 12.0 Å². The van der Waals surface area contributed by atoms with E-state index in [1.165, 1.54) is 0 Å². The van der Waals surface area contributed by atoms with Crippen LogP contribution in [0.25, 0.3) is 11.3 Å². The number of amides is 1. The van der Waals surface area contributed by atoms with E-state index in [0.29, 0.717) is 17.2 Å². The van der Waals surface area contributed by atoms with Gasteiger partial charge in [-0.25, -0.2) is 4.68 Å². The Balaban J connectivity index is 0.000000426. The number of allylic oxidation sites excluding steroid dienone is 1. The molecule has 1 fully saturated rings. The quantitative estimate of drug-likeness (QED) is 0.219. The maximum Gasteiger partial charge on any atom is 0.254 e. The average molecular weight is 520 g/mol. The number of hydrogen-bond acceptors (Lipinski definition) is 7. The first kappa shape index (κ1) is 26.7. The summed E-state index contributed by atoms with van der Waals surface area (Å²) in [4.78, 5) is 15.6. The summed E-state index contributed by atoms with van der Waals surface area (Å²) in [5, 5.41) is 19.1. The lowest BCUT2D eigenvalue weighted by Crippen LogP contribution is -2.36. The van der Waals surface area contributed by atoms with Crippen molar-refractivity contribution >= 4 is 11.7 Å². The van der Waals surface area contributed by atoms with Gasteiger partial charge >= 0.3 is 0 Å². The molecule has 3 heterocycles. The Labute approximate surface area is 220 Å². The third-order valence-corrected chi connectivity index (χ3v) is 6.47. The first-order chi connectivity index (χ1) is 18.5. The van der Waals surface area contributed by atoms with E-state index >= 15 is 0 Å². The van der Waals surface area contributed by atoms with Gasteiger partial charge in [0.05, 0.1) is 6.04 Å². The van der Waals surface area contributed by atoms with Crippen molar-refractivity contribution in [1.29, 1.82) is 0 Å². The Morgan fingerprint density at radius 2 is 1.76 bits per heavy atom. The minimum absolute atomic E-state index is 0.283. The van der Waals surface area contributed by atoms with Gasteiger partial charge in [-0.3, -0.25) is 9.68 Å². The van der Waals surface area contributed by atoms with Crippen molar-refractivity contribution in [2.75, 3.05) is 25.0 Å². The molecule has 1 unspecified atom stereocenters. The van der Waals surface area contributed by atoms with Crippen LogP contribution >= 0.6 is 0 Å². The molecule has 0 bridgehead atoms. The number of hydrogen-bond donors (Lipinski definition) is 4. The highest BCUT2D eigenvalue weighted by molar-refractivity contribution is 6.03. The number of piperidine rings is 1. The number of nitrogens with one attached hydrogen (secondary N) is 2. The smallest absolute Gasteiger partial charge is 0.254 e. The molecule has 0 radical (unpaired) electrons. The van der Waals surface area contributed by atoms with Gasteiger partial charge in [-0.15, -0.1) is 0 Å². The van der Waals surface area contributed by atoms with Gasteiger partial charge < -0.3 is 21.1 Å². The fourth-order valence-corrected chi connectivity index (χ4v) is 4.79. The summed E-state index contributed by atoms with van der Waals surface area (Å²) < 4.78 is 19.2. The van der Waals surface area contributed by atoms with E-state index in [0.717, 1.165) is 61.8 Å². The number of para-hydroxylation sites is 1. The van der Waals surface area contributed by atoms with Crippen LogP contribution in [0.4, 0.5) is 10.2 Å². The third kappa shape index (κ3) is 6.51. The molecule has 5 rings (SSSR count). The van der Waals surface area contributed by atoms with Gasteiger partial charge in [0, 0.05) is 18.0 Å². The standard InChI is InChI=1S/C24H27N5O2.C4H3FO2/c25-23(30)21-22(17-6-8-19(9-7-17)31-18-4-2-1-3-5-18)28-29-20(12-15-27-24(21)29)16-10-13-26-14-11-16;1-4(5)2-3-7-6/h1-9,16,20,26-27H,10-15H2,(H2,25,30);6H,1H2. The van der Waals surface area contributed by atoms with Crippen molar-refractivity contribution < 1.29 is 24.1 Å². The second kappa shape index (κ2) is 12.8. The number of fused-ring (bicyclic) bond motifs is 1. The first-order valence-electron chi connectivity index (χ1n) is 12.3. The molecule has 1 saturated heterocycles. The van der Waals surface area contributed by atoms with Crippen molar-refractivity contribution in [3.05, 3.63) is 72.6 Å². The number of primary amides is 1. The molecule has 1 atom stereocenters. The van der Waals surface area contributed by atoms with E-state index < -0.39 is 11.7 Å². The van der Waals surface area contributed by atoms with Crippen molar-refractivity contribution in [3.63, 3.8) is 0 Å². The van der Waals surface area contributed by atoms with Gasteiger partial charge in [0.15, 0.2) is 11.9 Å². The molecule has 5 N–H and O–H groups in total. The lowest BCUT2D eigenvalue weighted by Gasteiger charge is -2.34. The predicted molar refractivity (Wildman–Crippen MR) is 142 cm³/mol. The van der Waals surface area contributed by atoms with E-state index in [4.69, 9.17) is 20.8 Å². The molecule has 38 heavy (non-hydrogen) atoms. The Hall–Kier alpha value is -4.33. The Morgan fingerprint density at radius 1 is 1.08 bits per heavy atom. The highest BCUT2D eigenvalue weighted by Gasteiger charge is 2.34. The summed E-state index contributed by atoms with van der Waals surface area (Å²) >= 11 is 0. The molecule has 2 aliphatic heterocycles. The highest BCUT2D eigenvalue weighted by atomic mass is 19.1. The normalized spacial score (nSPS) is 16.4. The molecule has 2 aliphatic rings. The van der Waals surface area contributed by atoms with Crippen LogP contribution in [0.5, 0.6) is 11.5 Å². The summed E-state index contributed by atoms with van der Waals surface area (Å²) in [7, 11) is 0. The Bertz CT molecular complexity index is 1310. The van der Waals surface area contributed by atoms with Crippen LogP contribution in [0.15, 0.2) is 67.0 Å². The summed E-state index contributed by atoms with van der Waals surface area (Å²) in [6.07, 6.45) is 4.82. The summed E-state index contributed by atoms with van der Waals surface area (Å²) in [6, 6.07) is 17.6. The number of nitrogens with two attached hydrogens (primary N) is 1. The van der Waals surface area contributed by atoms with Crippen LogP contribution in [-0.4, -0.2) is 40.6 Å². The number of halogens is 1. The minimum atomic E-state index is -0.839. The van der Waals surface area contributed by atoms with E-state index in [9.17, 15) is 9.18 Å². The zero-order chi connectivity index (χ0) is 26.9. The zero-order valence-electron chi connectivity index (χ0n) is 20.8. The van der Waals surface area contributed by atoms with Crippen molar-refractivity contribution in [1.82, 2.24) is 15.1 Å². The summed E-state index contributed by atoms with van der Waals surface area (Å²) in [5.74, 6) is 3.22. The number of anilines is 1. The fourth-order valence-electron chi connectivity index (χ4n) is 4.79. The molecule has 0 spiro atoms. The Morgan fingerprint density at radius 3 is 2.37 bits per heavy atom. The first-order valence-corrected chi connectivity index (χ1v) is 12.3. The maximum atomic E-state index is 12.4. The number of aromatic nitrogens is 2. The van der Waals surface area contributed by atoms with Gasteiger partial charge in [0.1, 0.15) is 28.6 Å². The van der Waals surface area contributed by atoms with Crippen LogP contribution in [0.1, 0.15) is 35.7 Å². The summed E-state index contributed by atoms with van der Waals surface area (Å²) in [6.45, 7) is 5.65. The van der Waals surface area contributed by atoms with Crippen LogP contribution in [-0.2, 0) is 4.89 Å². The Kier molecular flexibility index (Phi) is 8.98. The molecule has 1 aromatic heterocycles. The molecule has 9 nitrogen and oxygen atoms in total. The lowest BCUT2D eigenvalue weighted by atomic mass is 9.87. The second-order valence-electron chi connectivity index (χ2n) is 8.91. The van der Waals surface area contributed by atoms with Crippen LogP contribution in [0.2, 0.25) is 0 Å². The van der Waals surface area contributed by atoms with E-state index in [-0.39, 0.29) is 6.04 Å². The number of benzene rings is 2. The zero-order valence-corrected chi connectivity index (χ0v) is 20.8. The van der Waals surface area contributed by atoms with Gasteiger partial charge in [0.25, 0.3) is 5.91 Å². The molecular formula is C28H30FN5O4. The second-order valence-corrected chi connectivity index (χ2v) is 8.91. The topological polar surface area (TPSA) is 124 Å². The minimum Gasteiger partial charge on any atom is -0.457 e. The molecule has 198 valence electrons. The van der Waals surface area contributed by atoms with E-state index in [2.05, 4.69) is 22.1 Å². The lowest BCUT2D eigenvalue weighted by molar-refractivity contribution is -0.171. The molecule has 2 aromatic carbocycles. The van der Waals surface area contributed by atoms with Crippen molar-refractivity contribution in [2.45, 2.75) is 25.3 Å². The monoisotopic (exact) mass is 519 g/mol. The number of carbonyl (C=O) groups is 1. The van der Waals surface area contributed by atoms with Crippen LogP contribution in [0.3, 0.4) is 0 Å². The third-order valence-electron chi connectivity index (χ3n) is 6.47. The highest BCUT2D eigenvalue weighted by Crippen LogP contribution is 2.39. The largest absolute Gasteiger partial charge is 0.457 e. The van der Waals surface area contributed by atoms with Crippen molar-refractivity contribution in [3.8, 4) is 34.8 Å². The van der Waals surface area contributed by atoms with E-state index in [1.807, 2.05) is 59.3 Å². The fraction of sp³-hybridized carbons (Fsp3) is 0.286. The van der Waals surface area contributed by atoms with Gasteiger partial charge in [0.2, 0.25) is 0 Å². The molecule has 3 aromatic rings. The number of ether oxygens (including phenoxy) is 1. The van der Waals surface area contributed by atoms with Crippen LogP contribution < -0.4 is 21.1 Å². The SMILES string of the molecule is C=C(F)C#COO.NC(=O)c1c(-c2ccc(Oc3ccccc3)cc2)nn2c1NCCC2C1CCNCC1. The predicted octanol–water partition coefficient (Wildman–Crippen LogP) is 4.72. The molecular weight excluding hydrogens is 489 g/mol. The molecule has 0 saturated carbocycles. The number of rotatable bonds is 5. The molecule has 1 amide bonds. The van der Waals surface area contributed by atoms with Crippen LogP contribution in [0, 0.1) is 17.9 Å². The van der Waals surface area contributed by atoms with Gasteiger partial charge in [-0.05, 0) is 74.7 Å². The number of carbonyl (C=O) groups excluding carboxylic acids is 1. The molecule has 10 heteroatoms. The summed E-state index contributed by atoms with van der Waals surface area (Å²) in [5.41, 5.74) is 7.75. The van der Waals surface area contributed by atoms with Crippen molar-refractivity contribution in [2.24, 2.45) is 11.7 Å². The van der Waals surface area contributed by atoms with Gasteiger partial charge in [-0.1, -0.05) is 24.8 Å². The van der Waals surface area contributed by atoms with Gasteiger partial charge in [-0.2, -0.15) is 14.7 Å². The molecule has 0 aliphatic carbocycles. The number of nitrogens with zero attached hydrogens (tertiary/aromatic N) is 2. The maximum absolute atomic E-state index is 12.4. The average Bonchev–Trinajstić information content (AvgIpc) is 3.34.